The van der Waals surface area contributed by atoms with E-state index in [0.717, 1.165) is 0 Å². The monoisotopic (exact) mass is 619 g/mol. The van der Waals surface area contributed by atoms with E-state index in [1.54, 1.807) is 0 Å². The van der Waals surface area contributed by atoms with E-state index in [0.29, 0.717) is 24.9 Å². The molecule has 4 unspecified atom stereocenters. The van der Waals surface area contributed by atoms with Gasteiger partial charge in [-0.25, -0.2) is 0 Å². The molecule has 1 aromatic carbocycles. The third-order valence-corrected chi connectivity index (χ3v) is 6.62. The van der Waals surface area contributed by atoms with E-state index in [4.69, 9.17) is 17.2 Å². The Kier molecular flexibility index (Phi) is 14.3. The summed E-state index contributed by atoms with van der Waals surface area (Å²) < 4.78 is 0. The van der Waals surface area contributed by atoms with Crippen molar-refractivity contribution in [3.05, 3.63) is 29.8 Å². The second kappa shape index (κ2) is 17.9. The number of guanidine groups is 1. The number of carbonyl (C=O) groups excluding carboxylic acids is 5. The number of phenolic OH excluding ortho intramolecular Hbond substituents is 1. The molecular formula is C27H41N9O8. The van der Waals surface area contributed by atoms with Crippen LogP contribution in [0.5, 0.6) is 5.75 Å². The molecule has 1 saturated heterocycles. The quantitative estimate of drug-likeness (QED) is 0.0626. The molecule has 2 rings (SSSR count). The van der Waals surface area contributed by atoms with Gasteiger partial charge in [-0.3, -0.25) is 33.8 Å². The SMILES string of the molecule is NCCCCC1NC(=O)C(Cc2ccc(O)cc2)NC(=O)C(CC(=O)O)NC(=O)CNC(=O)C(CCCN=C(N)N)NC1=O. The Bertz CT molecular complexity index is 1200. The molecular weight excluding hydrogens is 578 g/mol. The van der Waals surface area contributed by atoms with Crippen molar-refractivity contribution >= 4 is 41.5 Å². The van der Waals surface area contributed by atoms with Crippen molar-refractivity contribution in [2.45, 2.75) is 69.1 Å². The number of carboxylic acids is 1. The normalized spacial score (nSPS) is 21.8. The Morgan fingerprint density at radius 2 is 1.36 bits per heavy atom. The zero-order valence-corrected chi connectivity index (χ0v) is 24.2. The number of phenols is 1. The lowest BCUT2D eigenvalue weighted by Crippen LogP contribution is -2.58. The highest BCUT2D eigenvalue weighted by atomic mass is 16.4. The van der Waals surface area contributed by atoms with Crippen molar-refractivity contribution in [3.8, 4) is 5.75 Å². The first kappa shape index (κ1) is 35.3. The predicted octanol–water partition coefficient (Wildman–Crippen LogP) is -3.34. The zero-order chi connectivity index (χ0) is 32.6. The molecule has 242 valence electrons. The molecule has 44 heavy (non-hydrogen) atoms. The highest BCUT2D eigenvalue weighted by Gasteiger charge is 2.33. The summed E-state index contributed by atoms with van der Waals surface area (Å²) in [6.45, 7) is -0.136. The van der Waals surface area contributed by atoms with Crippen LogP contribution in [0.1, 0.15) is 44.1 Å². The minimum Gasteiger partial charge on any atom is -0.508 e. The topological polar surface area (TPSA) is 293 Å². The van der Waals surface area contributed by atoms with Crippen molar-refractivity contribution in [2.24, 2.45) is 22.2 Å². The van der Waals surface area contributed by atoms with E-state index >= 15 is 0 Å². The third-order valence-electron chi connectivity index (χ3n) is 6.62. The van der Waals surface area contributed by atoms with Crippen LogP contribution in [0.25, 0.3) is 0 Å². The molecule has 0 bridgehead atoms. The maximum absolute atomic E-state index is 13.6. The van der Waals surface area contributed by atoms with Crippen molar-refractivity contribution in [1.29, 1.82) is 0 Å². The number of aromatic hydroxyl groups is 1. The molecule has 0 spiro atoms. The Labute approximate surface area is 253 Å². The molecule has 1 aromatic rings. The first-order valence-corrected chi connectivity index (χ1v) is 14.1. The molecule has 1 aliphatic rings. The Morgan fingerprint density at radius 1 is 0.795 bits per heavy atom. The number of aliphatic imine (C=N–C) groups is 1. The maximum atomic E-state index is 13.6. The number of nitrogens with two attached hydrogens (primary N) is 3. The van der Waals surface area contributed by atoms with Gasteiger partial charge >= 0.3 is 5.97 Å². The molecule has 17 heteroatoms. The summed E-state index contributed by atoms with van der Waals surface area (Å²) >= 11 is 0. The molecule has 13 N–H and O–H groups in total. The summed E-state index contributed by atoms with van der Waals surface area (Å²) in [5.74, 6) is -5.62. The second-order valence-corrected chi connectivity index (χ2v) is 10.2. The maximum Gasteiger partial charge on any atom is 0.305 e. The van der Waals surface area contributed by atoms with Gasteiger partial charge in [0.25, 0.3) is 0 Å². The smallest absolute Gasteiger partial charge is 0.305 e. The summed E-state index contributed by atoms with van der Waals surface area (Å²) in [4.78, 5) is 81.2. The molecule has 0 aliphatic carbocycles. The van der Waals surface area contributed by atoms with Crippen LogP contribution >= 0.6 is 0 Å². The average Bonchev–Trinajstić information content (AvgIpc) is 2.96. The van der Waals surface area contributed by atoms with E-state index in [9.17, 15) is 39.0 Å². The molecule has 0 radical (unpaired) electrons. The highest BCUT2D eigenvalue weighted by Crippen LogP contribution is 2.13. The predicted molar refractivity (Wildman–Crippen MR) is 158 cm³/mol. The molecule has 5 amide bonds. The van der Waals surface area contributed by atoms with Gasteiger partial charge < -0.3 is 54.0 Å². The van der Waals surface area contributed by atoms with E-state index in [1.165, 1.54) is 24.3 Å². The Hall–Kier alpha value is -4.93. The van der Waals surface area contributed by atoms with E-state index in [2.05, 4.69) is 31.6 Å². The van der Waals surface area contributed by atoms with Crippen LogP contribution in [0.2, 0.25) is 0 Å². The van der Waals surface area contributed by atoms with Gasteiger partial charge in [-0.1, -0.05) is 12.1 Å². The van der Waals surface area contributed by atoms with Crippen LogP contribution in [0.3, 0.4) is 0 Å². The van der Waals surface area contributed by atoms with E-state index < -0.39 is 72.6 Å². The summed E-state index contributed by atoms with van der Waals surface area (Å²) in [5, 5.41) is 31.4. The Morgan fingerprint density at radius 3 is 1.98 bits per heavy atom. The number of rotatable bonds is 12. The van der Waals surface area contributed by atoms with Crippen LogP contribution in [-0.4, -0.2) is 95.5 Å². The number of carbonyl (C=O) groups is 6. The lowest BCUT2D eigenvalue weighted by atomic mass is 10.0. The fourth-order valence-electron chi connectivity index (χ4n) is 4.35. The molecule has 0 saturated carbocycles. The molecule has 17 nitrogen and oxygen atoms in total. The van der Waals surface area contributed by atoms with Gasteiger partial charge in [-0.15, -0.1) is 0 Å². The van der Waals surface area contributed by atoms with E-state index in [-0.39, 0.29) is 43.9 Å². The van der Waals surface area contributed by atoms with Gasteiger partial charge in [0, 0.05) is 13.0 Å². The lowest BCUT2D eigenvalue weighted by molar-refractivity contribution is -0.141. The first-order chi connectivity index (χ1) is 20.9. The Balaban J connectivity index is 2.45. The minimum atomic E-state index is -1.59. The standard InChI is InChI=1S/C27H41N9O8/c28-10-2-1-4-18-24(42)34-17(5-3-11-31-27(29)30)23(41)32-14-21(38)33-20(13-22(39)40)26(44)36-19(25(43)35-18)12-15-6-8-16(37)9-7-15/h6-9,17-20,37H,1-5,10-14,28H2,(H,32,41)(H,33,38)(H,34,42)(H,35,43)(H,36,44)(H,39,40)(H4,29,30,31). The fraction of sp³-hybridized carbons (Fsp3) is 0.519. The van der Waals surface area contributed by atoms with Crippen molar-refractivity contribution in [2.75, 3.05) is 19.6 Å². The van der Waals surface area contributed by atoms with Gasteiger partial charge in [-0.2, -0.15) is 0 Å². The van der Waals surface area contributed by atoms with Gasteiger partial charge in [0.2, 0.25) is 29.5 Å². The van der Waals surface area contributed by atoms with Crippen LogP contribution in [0.4, 0.5) is 0 Å². The highest BCUT2D eigenvalue weighted by molar-refractivity contribution is 5.98. The summed E-state index contributed by atoms with van der Waals surface area (Å²) in [5.41, 5.74) is 16.8. The molecule has 1 heterocycles. The molecule has 4 atom stereocenters. The molecule has 1 aliphatic heterocycles. The zero-order valence-electron chi connectivity index (χ0n) is 24.2. The van der Waals surface area contributed by atoms with Gasteiger partial charge in [0.05, 0.1) is 13.0 Å². The van der Waals surface area contributed by atoms with Gasteiger partial charge in [0.1, 0.15) is 29.9 Å². The number of hydrogen-bond donors (Lipinski definition) is 10. The van der Waals surface area contributed by atoms with Gasteiger partial charge in [0.15, 0.2) is 5.96 Å². The van der Waals surface area contributed by atoms with Crippen LogP contribution in [-0.2, 0) is 35.2 Å². The number of amides is 5. The van der Waals surface area contributed by atoms with Crippen molar-refractivity contribution < 1.29 is 39.0 Å². The molecule has 1 fully saturated rings. The number of benzene rings is 1. The first-order valence-electron chi connectivity index (χ1n) is 14.1. The second-order valence-electron chi connectivity index (χ2n) is 10.2. The summed E-state index contributed by atoms with van der Waals surface area (Å²) in [6.07, 6.45) is 0.582. The van der Waals surface area contributed by atoms with Gasteiger partial charge in [-0.05, 0) is 56.3 Å². The fourth-order valence-corrected chi connectivity index (χ4v) is 4.35. The summed E-state index contributed by atoms with van der Waals surface area (Å²) in [6, 6.07) is 0.627. The third kappa shape index (κ3) is 12.5. The number of hydrogen-bond acceptors (Lipinski definition) is 9. The van der Waals surface area contributed by atoms with Crippen LogP contribution < -0.4 is 43.8 Å². The number of unbranched alkanes of at least 4 members (excludes halogenated alkanes) is 1. The van der Waals surface area contributed by atoms with Crippen molar-refractivity contribution in [3.63, 3.8) is 0 Å². The largest absolute Gasteiger partial charge is 0.508 e. The lowest BCUT2D eigenvalue weighted by Gasteiger charge is -2.26. The number of nitrogens with one attached hydrogen (secondary N) is 5. The van der Waals surface area contributed by atoms with E-state index in [1.807, 2.05) is 0 Å². The average molecular weight is 620 g/mol. The molecule has 0 aromatic heterocycles. The van der Waals surface area contributed by atoms with Crippen LogP contribution in [0, 0.1) is 0 Å². The summed E-state index contributed by atoms with van der Waals surface area (Å²) in [7, 11) is 0. The minimum absolute atomic E-state index is 0.0267. The number of nitrogens with zero attached hydrogens (tertiary/aromatic N) is 1. The van der Waals surface area contributed by atoms with Crippen LogP contribution in [0.15, 0.2) is 29.3 Å². The number of aliphatic carboxylic acids is 1. The van der Waals surface area contributed by atoms with Crippen molar-refractivity contribution in [1.82, 2.24) is 26.6 Å². The number of carboxylic acid groups (broad SMARTS) is 1.